The van der Waals surface area contributed by atoms with Crippen LogP contribution in [0.15, 0.2) is 18.6 Å². The SMILES string of the molecule is CC(C)N1CC(C(=O)NCCNC(=O)c2cnccn2)CC1=O. The second-order valence-corrected chi connectivity index (χ2v) is 5.68. The van der Waals surface area contributed by atoms with Gasteiger partial charge < -0.3 is 15.5 Å². The highest BCUT2D eigenvalue weighted by atomic mass is 16.2. The molecule has 1 atom stereocenters. The number of carbonyl (C=O) groups excluding carboxylic acids is 3. The summed E-state index contributed by atoms with van der Waals surface area (Å²) in [5.74, 6) is -0.804. The van der Waals surface area contributed by atoms with Gasteiger partial charge in [0.1, 0.15) is 5.69 Å². The Morgan fingerprint density at radius 2 is 2.04 bits per heavy atom. The minimum Gasteiger partial charge on any atom is -0.354 e. The maximum atomic E-state index is 12.0. The lowest BCUT2D eigenvalue weighted by molar-refractivity contribution is -0.129. The Hall–Kier alpha value is -2.51. The predicted octanol–water partition coefficient (Wildman–Crippen LogP) is -0.420. The second kappa shape index (κ2) is 7.66. The molecule has 1 unspecified atom stereocenters. The molecule has 23 heavy (non-hydrogen) atoms. The van der Waals surface area contributed by atoms with Crippen LogP contribution in [0.4, 0.5) is 0 Å². The number of rotatable bonds is 6. The third-order valence-corrected chi connectivity index (χ3v) is 3.66. The molecule has 0 radical (unpaired) electrons. The van der Waals surface area contributed by atoms with E-state index in [4.69, 9.17) is 0 Å². The molecule has 0 saturated carbocycles. The molecule has 1 fully saturated rings. The first-order chi connectivity index (χ1) is 11.0. The average molecular weight is 319 g/mol. The Morgan fingerprint density at radius 1 is 1.30 bits per heavy atom. The molecule has 1 aromatic rings. The molecule has 0 aliphatic carbocycles. The van der Waals surface area contributed by atoms with E-state index in [9.17, 15) is 14.4 Å². The van der Waals surface area contributed by atoms with Gasteiger partial charge in [0.25, 0.3) is 5.91 Å². The lowest BCUT2D eigenvalue weighted by Gasteiger charge is -2.20. The molecule has 1 aliphatic heterocycles. The Bertz CT molecular complexity index is 576. The van der Waals surface area contributed by atoms with Crippen molar-refractivity contribution in [3.8, 4) is 0 Å². The van der Waals surface area contributed by atoms with Crippen molar-refractivity contribution in [2.24, 2.45) is 5.92 Å². The van der Waals surface area contributed by atoms with E-state index in [1.807, 2.05) is 13.8 Å². The fourth-order valence-electron chi connectivity index (χ4n) is 2.42. The van der Waals surface area contributed by atoms with E-state index >= 15 is 0 Å². The lowest BCUT2D eigenvalue weighted by atomic mass is 10.1. The van der Waals surface area contributed by atoms with Gasteiger partial charge in [-0.2, -0.15) is 0 Å². The number of aromatic nitrogens is 2. The van der Waals surface area contributed by atoms with Gasteiger partial charge in [0.2, 0.25) is 11.8 Å². The highest BCUT2D eigenvalue weighted by molar-refractivity contribution is 5.92. The summed E-state index contributed by atoms with van der Waals surface area (Å²) in [4.78, 5) is 45.0. The van der Waals surface area contributed by atoms with Gasteiger partial charge in [-0.05, 0) is 13.8 Å². The molecule has 0 spiro atoms. The zero-order valence-electron chi connectivity index (χ0n) is 13.3. The topological polar surface area (TPSA) is 104 Å². The quantitative estimate of drug-likeness (QED) is 0.693. The fourth-order valence-corrected chi connectivity index (χ4v) is 2.42. The first-order valence-corrected chi connectivity index (χ1v) is 7.60. The summed E-state index contributed by atoms with van der Waals surface area (Å²) in [6.07, 6.45) is 4.54. The van der Waals surface area contributed by atoms with E-state index in [1.54, 1.807) is 4.90 Å². The normalized spacial score (nSPS) is 17.4. The summed E-state index contributed by atoms with van der Waals surface area (Å²) in [5.41, 5.74) is 0.229. The van der Waals surface area contributed by atoms with Crippen molar-refractivity contribution in [1.82, 2.24) is 25.5 Å². The van der Waals surface area contributed by atoms with Crippen molar-refractivity contribution in [3.63, 3.8) is 0 Å². The fraction of sp³-hybridized carbons (Fsp3) is 0.533. The van der Waals surface area contributed by atoms with E-state index in [-0.39, 0.29) is 48.3 Å². The number of likely N-dealkylation sites (tertiary alicyclic amines) is 1. The van der Waals surface area contributed by atoms with Gasteiger partial charge in [-0.25, -0.2) is 4.98 Å². The zero-order valence-corrected chi connectivity index (χ0v) is 13.3. The molecule has 1 aromatic heterocycles. The summed E-state index contributed by atoms with van der Waals surface area (Å²) in [7, 11) is 0. The summed E-state index contributed by atoms with van der Waals surface area (Å²) in [6, 6.07) is 0.103. The predicted molar refractivity (Wildman–Crippen MR) is 82.3 cm³/mol. The molecule has 1 aliphatic rings. The Morgan fingerprint density at radius 3 is 2.65 bits per heavy atom. The smallest absolute Gasteiger partial charge is 0.271 e. The van der Waals surface area contributed by atoms with Crippen LogP contribution in [0.25, 0.3) is 0 Å². The van der Waals surface area contributed by atoms with Crippen LogP contribution in [0, 0.1) is 5.92 Å². The summed E-state index contributed by atoms with van der Waals surface area (Å²) >= 11 is 0. The Balaban J connectivity index is 1.70. The molecule has 8 heteroatoms. The van der Waals surface area contributed by atoms with Crippen LogP contribution >= 0.6 is 0 Å². The van der Waals surface area contributed by atoms with Crippen LogP contribution in [0.5, 0.6) is 0 Å². The van der Waals surface area contributed by atoms with Crippen LogP contribution < -0.4 is 10.6 Å². The van der Waals surface area contributed by atoms with Gasteiger partial charge in [0, 0.05) is 44.5 Å². The molecule has 1 saturated heterocycles. The largest absolute Gasteiger partial charge is 0.354 e. The maximum absolute atomic E-state index is 12.0. The molecule has 8 nitrogen and oxygen atoms in total. The Labute approximate surface area is 134 Å². The van der Waals surface area contributed by atoms with Crippen LogP contribution in [-0.4, -0.2) is 58.3 Å². The molecule has 3 amide bonds. The molecule has 2 heterocycles. The average Bonchev–Trinajstić information content (AvgIpc) is 2.94. The monoisotopic (exact) mass is 319 g/mol. The number of nitrogens with zero attached hydrogens (tertiary/aromatic N) is 3. The van der Waals surface area contributed by atoms with Crippen LogP contribution in [0.1, 0.15) is 30.8 Å². The summed E-state index contributed by atoms with van der Waals surface area (Å²) in [6.45, 7) is 4.90. The number of hydrogen-bond donors (Lipinski definition) is 2. The number of amides is 3. The number of hydrogen-bond acceptors (Lipinski definition) is 5. The van der Waals surface area contributed by atoms with Crippen molar-refractivity contribution in [2.75, 3.05) is 19.6 Å². The van der Waals surface area contributed by atoms with Crippen molar-refractivity contribution in [2.45, 2.75) is 26.3 Å². The number of carbonyl (C=O) groups is 3. The number of nitrogens with one attached hydrogen (secondary N) is 2. The molecule has 2 N–H and O–H groups in total. The van der Waals surface area contributed by atoms with Crippen molar-refractivity contribution < 1.29 is 14.4 Å². The molecule has 0 bridgehead atoms. The van der Waals surface area contributed by atoms with E-state index in [0.717, 1.165) is 0 Å². The molecular weight excluding hydrogens is 298 g/mol. The van der Waals surface area contributed by atoms with Crippen LogP contribution in [-0.2, 0) is 9.59 Å². The first kappa shape index (κ1) is 16.9. The molecule has 2 rings (SSSR count). The highest BCUT2D eigenvalue weighted by Crippen LogP contribution is 2.19. The van der Waals surface area contributed by atoms with E-state index in [0.29, 0.717) is 13.1 Å². The van der Waals surface area contributed by atoms with Crippen molar-refractivity contribution in [1.29, 1.82) is 0 Å². The second-order valence-electron chi connectivity index (χ2n) is 5.68. The van der Waals surface area contributed by atoms with Gasteiger partial charge in [-0.1, -0.05) is 0 Å². The third kappa shape index (κ3) is 4.48. The van der Waals surface area contributed by atoms with Gasteiger partial charge in [-0.3, -0.25) is 19.4 Å². The van der Waals surface area contributed by atoms with E-state index in [2.05, 4.69) is 20.6 Å². The minimum atomic E-state index is -0.339. The first-order valence-electron chi connectivity index (χ1n) is 7.60. The van der Waals surface area contributed by atoms with E-state index < -0.39 is 0 Å². The van der Waals surface area contributed by atoms with Crippen LogP contribution in [0.2, 0.25) is 0 Å². The highest BCUT2D eigenvalue weighted by Gasteiger charge is 2.35. The van der Waals surface area contributed by atoms with Gasteiger partial charge in [0.15, 0.2) is 0 Å². The van der Waals surface area contributed by atoms with Gasteiger partial charge in [0.05, 0.1) is 12.1 Å². The van der Waals surface area contributed by atoms with Crippen molar-refractivity contribution in [3.05, 3.63) is 24.3 Å². The Kier molecular flexibility index (Phi) is 5.61. The van der Waals surface area contributed by atoms with Crippen molar-refractivity contribution >= 4 is 17.7 Å². The molecule has 124 valence electrons. The van der Waals surface area contributed by atoms with Crippen LogP contribution in [0.3, 0.4) is 0 Å². The molecule has 0 aromatic carbocycles. The summed E-state index contributed by atoms with van der Waals surface area (Å²) < 4.78 is 0. The van der Waals surface area contributed by atoms with Gasteiger partial charge >= 0.3 is 0 Å². The summed E-state index contributed by atoms with van der Waals surface area (Å²) in [5, 5.41) is 5.39. The lowest BCUT2D eigenvalue weighted by Crippen LogP contribution is -2.39. The van der Waals surface area contributed by atoms with E-state index in [1.165, 1.54) is 18.6 Å². The maximum Gasteiger partial charge on any atom is 0.271 e. The minimum absolute atomic E-state index is 0.0103. The zero-order chi connectivity index (χ0) is 16.8. The third-order valence-electron chi connectivity index (χ3n) is 3.66. The van der Waals surface area contributed by atoms with Gasteiger partial charge in [-0.15, -0.1) is 0 Å². The standard InChI is InChI=1S/C15H21N5O3/c1-10(2)20-9-11(7-13(20)21)14(22)18-5-6-19-15(23)12-8-16-3-4-17-12/h3-4,8,10-11H,5-7,9H2,1-2H3,(H,18,22)(H,19,23). The molecular formula is C15H21N5O3.